The highest BCUT2D eigenvalue weighted by Crippen LogP contribution is 2.31. The van der Waals surface area contributed by atoms with E-state index in [1.54, 1.807) is 6.07 Å². The summed E-state index contributed by atoms with van der Waals surface area (Å²) in [6, 6.07) is 10.8. The van der Waals surface area contributed by atoms with Crippen LogP contribution in [0.4, 0.5) is 15.2 Å². The van der Waals surface area contributed by atoms with Gasteiger partial charge in [-0.15, -0.1) is 0 Å². The monoisotopic (exact) mass is 350 g/mol. The molecule has 3 rings (SSSR count). The summed E-state index contributed by atoms with van der Waals surface area (Å²) in [5.74, 6) is -0.231. The van der Waals surface area contributed by atoms with Gasteiger partial charge in [0.05, 0.1) is 10.2 Å². The van der Waals surface area contributed by atoms with Gasteiger partial charge >= 0.3 is 0 Å². The van der Waals surface area contributed by atoms with Gasteiger partial charge in [0.1, 0.15) is 5.82 Å². The fourth-order valence-electron chi connectivity index (χ4n) is 2.04. The van der Waals surface area contributed by atoms with Crippen molar-refractivity contribution in [3.8, 4) is 0 Å². The van der Waals surface area contributed by atoms with Crippen LogP contribution in [0.15, 0.2) is 40.9 Å². The molecular formula is C15H12BrFN2S. The summed E-state index contributed by atoms with van der Waals surface area (Å²) in [5.41, 5.74) is 3.06. The number of fused-ring (bicyclic) bond motifs is 1. The molecule has 3 aromatic rings. The fourth-order valence-corrected chi connectivity index (χ4v) is 3.36. The number of hydrogen-bond donors (Lipinski definition) is 1. The summed E-state index contributed by atoms with van der Waals surface area (Å²) in [6.07, 6.45) is 0.932. The predicted octanol–water partition coefficient (Wildman–Crippen LogP) is 5.50. The number of halogens is 2. The Bertz CT molecular complexity index is 770. The zero-order valence-corrected chi connectivity index (χ0v) is 13.2. The van der Waals surface area contributed by atoms with Crippen molar-refractivity contribution in [2.24, 2.45) is 0 Å². The lowest BCUT2D eigenvalue weighted by Gasteiger charge is -2.08. The van der Waals surface area contributed by atoms with E-state index in [0.29, 0.717) is 0 Å². The largest absolute Gasteiger partial charge is 0.331 e. The van der Waals surface area contributed by atoms with Gasteiger partial charge in [-0.1, -0.05) is 34.2 Å². The molecule has 0 aliphatic carbocycles. The Labute approximate surface area is 128 Å². The Balaban J connectivity index is 1.96. The summed E-state index contributed by atoms with van der Waals surface area (Å²) in [5, 5.41) is 4.10. The zero-order valence-electron chi connectivity index (χ0n) is 10.8. The molecule has 1 N–H and O–H groups in total. The van der Waals surface area contributed by atoms with E-state index in [-0.39, 0.29) is 5.82 Å². The van der Waals surface area contributed by atoms with Crippen molar-refractivity contribution < 1.29 is 4.39 Å². The normalized spacial score (nSPS) is 10.9. The number of aryl methyl sites for hydroxylation is 1. The van der Waals surface area contributed by atoms with Crippen LogP contribution in [-0.4, -0.2) is 4.98 Å². The predicted molar refractivity (Wildman–Crippen MR) is 86.4 cm³/mol. The quantitative estimate of drug-likeness (QED) is 0.674. The second kappa shape index (κ2) is 5.50. The standard InChI is InChI=1S/C15H12BrFN2S/c1-2-9-7-10(16)3-5-12(9)18-15-19-13-6-4-11(17)8-14(13)20-15/h3-8H,2H2,1H3,(H,18,19). The fraction of sp³-hybridized carbons (Fsp3) is 0.133. The molecule has 0 aliphatic heterocycles. The third-order valence-corrected chi connectivity index (χ3v) is 4.47. The molecule has 0 fully saturated rings. The maximum absolute atomic E-state index is 13.2. The smallest absolute Gasteiger partial charge is 0.188 e. The zero-order chi connectivity index (χ0) is 14.1. The van der Waals surface area contributed by atoms with E-state index in [4.69, 9.17) is 0 Å². The van der Waals surface area contributed by atoms with Crippen molar-refractivity contribution in [2.75, 3.05) is 5.32 Å². The molecule has 0 aliphatic rings. The van der Waals surface area contributed by atoms with Crippen LogP contribution in [-0.2, 0) is 6.42 Å². The molecule has 102 valence electrons. The van der Waals surface area contributed by atoms with E-state index in [2.05, 4.69) is 39.2 Å². The minimum absolute atomic E-state index is 0.231. The van der Waals surface area contributed by atoms with Crippen molar-refractivity contribution in [3.05, 3.63) is 52.3 Å². The first-order valence-corrected chi connectivity index (χ1v) is 7.88. The molecule has 2 aromatic carbocycles. The molecule has 0 atom stereocenters. The second-order valence-corrected chi connectivity index (χ2v) is 6.36. The Kier molecular flexibility index (Phi) is 3.72. The Hall–Kier alpha value is -1.46. The summed E-state index contributed by atoms with van der Waals surface area (Å²) in [7, 11) is 0. The Morgan fingerprint density at radius 2 is 2.10 bits per heavy atom. The van der Waals surface area contributed by atoms with Gasteiger partial charge in [0.25, 0.3) is 0 Å². The Morgan fingerprint density at radius 3 is 2.90 bits per heavy atom. The van der Waals surface area contributed by atoms with Gasteiger partial charge in [-0.05, 0) is 48.4 Å². The highest BCUT2D eigenvalue weighted by Gasteiger charge is 2.07. The molecule has 0 bridgehead atoms. The summed E-state index contributed by atoms with van der Waals surface area (Å²) < 4.78 is 15.1. The third-order valence-electron chi connectivity index (χ3n) is 3.04. The van der Waals surface area contributed by atoms with Gasteiger partial charge in [-0.3, -0.25) is 0 Å². The number of thiazole rings is 1. The van der Waals surface area contributed by atoms with Crippen LogP contribution in [0.5, 0.6) is 0 Å². The first-order chi connectivity index (χ1) is 9.65. The maximum Gasteiger partial charge on any atom is 0.188 e. The van der Waals surface area contributed by atoms with Crippen molar-refractivity contribution in [3.63, 3.8) is 0 Å². The number of nitrogens with zero attached hydrogens (tertiary/aromatic N) is 1. The van der Waals surface area contributed by atoms with Crippen LogP contribution in [0.1, 0.15) is 12.5 Å². The van der Waals surface area contributed by atoms with Gasteiger partial charge in [0.2, 0.25) is 0 Å². The number of anilines is 2. The molecule has 1 heterocycles. The minimum Gasteiger partial charge on any atom is -0.331 e. The van der Waals surface area contributed by atoms with Crippen LogP contribution in [0.3, 0.4) is 0 Å². The minimum atomic E-state index is -0.231. The number of benzene rings is 2. The maximum atomic E-state index is 13.2. The van der Waals surface area contributed by atoms with Crippen LogP contribution in [0, 0.1) is 5.82 Å². The molecule has 20 heavy (non-hydrogen) atoms. The van der Waals surface area contributed by atoms with Crippen molar-refractivity contribution in [1.29, 1.82) is 0 Å². The molecule has 1 aromatic heterocycles. The van der Waals surface area contributed by atoms with E-state index in [9.17, 15) is 4.39 Å². The van der Waals surface area contributed by atoms with Crippen LogP contribution < -0.4 is 5.32 Å². The lowest BCUT2D eigenvalue weighted by atomic mass is 10.1. The van der Waals surface area contributed by atoms with Gasteiger partial charge in [-0.2, -0.15) is 0 Å². The number of hydrogen-bond acceptors (Lipinski definition) is 3. The van der Waals surface area contributed by atoms with Gasteiger partial charge in [0.15, 0.2) is 5.13 Å². The molecule has 0 spiro atoms. The molecular weight excluding hydrogens is 339 g/mol. The SMILES string of the molecule is CCc1cc(Br)ccc1Nc1nc2ccc(F)cc2s1. The lowest BCUT2D eigenvalue weighted by molar-refractivity contribution is 0.630. The van der Waals surface area contributed by atoms with Crippen molar-refractivity contribution >= 4 is 48.3 Å². The summed E-state index contributed by atoms with van der Waals surface area (Å²) in [4.78, 5) is 4.48. The Morgan fingerprint density at radius 1 is 1.25 bits per heavy atom. The van der Waals surface area contributed by atoms with Gasteiger partial charge in [-0.25, -0.2) is 9.37 Å². The van der Waals surface area contributed by atoms with Gasteiger partial charge in [0, 0.05) is 10.2 Å². The van der Waals surface area contributed by atoms with Crippen molar-refractivity contribution in [2.45, 2.75) is 13.3 Å². The molecule has 0 amide bonds. The average molecular weight is 351 g/mol. The van der Waals surface area contributed by atoms with Crippen LogP contribution in [0.25, 0.3) is 10.2 Å². The average Bonchev–Trinajstić information content (AvgIpc) is 2.82. The highest BCUT2D eigenvalue weighted by molar-refractivity contribution is 9.10. The molecule has 2 nitrogen and oxygen atoms in total. The lowest BCUT2D eigenvalue weighted by Crippen LogP contribution is -1.94. The van der Waals surface area contributed by atoms with Crippen LogP contribution >= 0.6 is 27.3 Å². The summed E-state index contributed by atoms with van der Waals surface area (Å²) >= 11 is 4.93. The first-order valence-electron chi connectivity index (χ1n) is 6.27. The second-order valence-electron chi connectivity index (χ2n) is 4.41. The van der Waals surface area contributed by atoms with E-state index in [0.717, 1.165) is 31.9 Å². The molecule has 0 saturated heterocycles. The molecule has 0 saturated carbocycles. The van der Waals surface area contributed by atoms with E-state index in [1.807, 2.05) is 12.1 Å². The van der Waals surface area contributed by atoms with Crippen molar-refractivity contribution in [1.82, 2.24) is 4.98 Å². The van der Waals surface area contributed by atoms with Gasteiger partial charge < -0.3 is 5.32 Å². The van der Waals surface area contributed by atoms with E-state index in [1.165, 1.54) is 29.0 Å². The van der Waals surface area contributed by atoms with E-state index >= 15 is 0 Å². The number of aromatic nitrogens is 1. The molecule has 0 unspecified atom stereocenters. The molecule has 5 heteroatoms. The molecule has 0 radical (unpaired) electrons. The summed E-state index contributed by atoms with van der Waals surface area (Å²) in [6.45, 7) is 2.11. The number of nitrogens with one attached hydrogen (secondary N) is 1. The first kappa shape index (κ1) is 13.5. The topological polar surface area (TPSA) is 24.9 Å². The van der Waals surface area contributed by atoms with Crippen LogP contribution in [0.2, 0.25) is 0 Å². The number of rotatable bonds is 3. The highest BCUT2D eigenvalue weighted by atomic mass is 79.9. The van der Waals surface area contributed by atoms with E-state index < -0.39 is 0 Å². The third kappa shape index (κ3) is 2.69.